The van der Waals surface area contributed by atoms with Gasteiger partial charge in [0.2, 0.25) is 82.7 Å². The summed E-state index contributed by atoms with van der Waals surface area (Å²) in [5.74, 6) is -15.9. The molecule has 1 aliphatic rings. The molecule has 1 aliphatic heterocycles. The number of imidazole rings is 3. The molecule has 25 N–H and O–H groups in total. The van der Waals surface area contributed by atoms with E-state index in [-0.39, 0.29) is 88.7 Å². The maximum absolute atomic E-state index is 15.4. The van der Waals surface area contributed by atoms with Crippen LogP contribution in [0.2, 0.25) is 0 Å². The van der Waals surface area contributed by atoms with Crippen LogP contribution in [-0.2, 0) is 113 Å². The van der Waals surface area contributed by atoms with Crippen LogP contribution >= 0.6 is 11.8 Å². The second-order valence-electron chi connectivity index (χ2n) is 29.4. The lowest BCUT2D eigenvalue weighted by atomic mass is 9.96. The molecule has 41 nitrogen and oxygen atoms in total. The zero-order valence-corrected chi connectivity index (χ0v) is 68.6. The number of likely N-dealkylation sites (N-methyl/N-ethyl adjacent to an activating group) is 1. The lowest BCUT2D eigenvalue weighted by Gasteiger charge is -2.33. The van der Waals surface area contributed by atoms with Gasteiger partial charge in [-0.25, -0.2) is 15.0 Å². The number of carbonyl (C=O) groups is 14. The topological polar surface area (TPSA) is 632 Å². The molecule has 1 saturated heterocycles. The van der Waals surface area contributed by atoms with Crippen molar-refractivity contribution in [3.8, 4) is 0 Å². The molecule has 0 aliphatic carbocycles. The fourth-order valence-electron chi connectivity index (χ4n) is 13.2. The van der Waals surface area contributed by atoms with Gasteiger partial charge in [-0.3, -0.25) is 77.9 Å². The first-order chi connectivity index (χ1) is 58.4. The number of fused-ring (bicyclic) bond motifs is 1. The highest BCUT2D eigenvalue weighted by Gasteiger charge is 2.40. The van der Waals surface area contributed by atoms with Crippen molar-refractivity contribution in [2.24, 2.45) is 30.2 Å². The number of nitrogens with zero attached hydrogens (tertiary/aromatic N) is 5. The Morgan fingerprint density at radius 1 is 0.533 bits per heavy atom. The van der Waals surface area contributed by atoms with Gasteiger partial charge in [-0.1, -0.05) is 117 Å². The molecule has 8 rings (SSSR count). The normalized spacial score (nSPS) is 21.8. The van der Waals surface area contributed by atoms with E-state index in [1.165, 1.54) is 44.6 Å². The lowest BCUT2D eigenvalue weighted by Crippen LogP contribution is -2.61. The number of aryl methyl sites for hydroxylation is 1. The van der Waals surface area contributed by atoms with E-state index in [9.17, 15) is 38.7 Å². The number of nitrogens with one attached hydrogen (secondary N) is 18. The van der Waals surface area contributed by atoms with Gasteiger partial charge in [0.05, 0.1) is 55.8 Å². The molecule has 11 unspecified atom stereocenters. The molecule has 4 heterocycles. The van der Waals surface area contributed by atoms with Crippen LogP contribution in [0, 0.1) is 16.7 Å². The number of aliphatic hydroxyl groups excluding tert-OH is 1. The molecule has 14 amide bonds. The molecule has 1 fully saturated rings. The van der Waals surface area contributed by atoms with Crippen molar-refractivity contribution in [3.63, 3.8) is 0 Å². The summed E-state index contributed by atoms with van der Waals surface area (Å²) < 4.78 is 1.54. The van der Waals surface area contributed by atoms with Crippen molar-refractivity contribution in [2.45, 2.75) is 145 Å². The minimum Gasteiger partial charge on any atom is -0.394 e. The monoisotopic (exact) mass is 1700 g/mol. The number of amides is 14. The number of rotatable bonds is 25. The number of hydrogen-bond acceptors (Lipinski definition) is 21. The first kappa shape index (κ1) is 93.7. The van der Waals surface area contributed by atoms with Crippen LogP contribution in [0.4, 0.5) is 0 Å². The van der Waals surface area contributed by atoms with Gasteiger partial charge in [-0.05, 0) is 59.1 Å². The van der Waals surface area contributed by atoms with Crippen LogP contribution in [0.3, 0.4) is 0 Å². The Hall–Kier alpha value is -13.8. The number of aromatic nitrogens is 6. The van der Waals surface area contributed by atoms with Crippen LogP contribution in [-0.4, -0.2) is 252 Å². The molecule has 0 radical (unpaired) electrons. The van der Waals surface area contributed by atoms with E-state index < -0.39 is 198 Å². The lowest BCUT2D eigenvalue weighted by molar-refractivity contribution is -0.143. The summed E-state index contributed by atoms with van der Waals surface area (Å²) in [5, 5.41) is 64.7. The Balaban J connectivity index is 1.19. The minimum atomic E-state index is -1.83. The molecule has 4 aromatic carbocycles. The summed E-state index contributed by atoms with van der Waals surface area (Å²) in [7, 11) is 2.86. The van der Waals surface area contributed by atoms with Crippen LogP contribution < -0.4 is 91.6 Å². The number of thioether (sulfide) groups is 1. The standard InChI is InChI=1S/C80H106N26O15S/c1-45(2)67-77(120)102-57(30-49-22-13-21-48-20-11-12-23-53(48)49)71(114)99-58(31-50-34-86-42-93-50)68(111)92-38-65(109)96-61(39-107)75(118)98-55(25-15-27-90-80(84)85)78(121)106(4)63(29-47-18-9-6-10-19-47)76(119)101-59(32-51-35-87-43-94-51)72(115)97-54(24-14-26-89-79(82)83)70(113)100-60(33-52-36-88-44-105(52)3)73(116)103-62(69(112)91-37-64(81)108)40-122-41-66(110)95-56(74(117)104-67)28-46-16-7-5-8-17-46/h5-13,16-23,34-36,42-45,54-63,67,107H,14-15,24-33,37-41H2,1-4H3,(H2,81,108)(H,86,93)(H,87,94)(H,91,112)(H,92,111)(H,95,110)(H,96,109)(H,97,115)(H,98,118)(H,99,114)(H,100,113)(H,101,119)(H,102,120)(H,103,116)(H,104,117)(H4,82,83,89)(H4,84,85,90). The Kier molecular flexibility index (Phi) is 36.2. The SMILES string of the molecule is CC(C)C1NC(=O)C(Cc2ccccc2)NC(=O)CSCC(C(=O)NCC(N)=O)NC(=O)C(Cc2cncn2C)NC(=O)C(CCCNC(=N)N)NC(=O)C(Cc2c[nH]cn2)NC(=O)C(Cc2ccccc2)N(C)C(=O)C(CCCNC(=N)N)NC(=O)C(CO)NC(=O)CNC(=O)C(Cc2c[nH]cn2)NC(=O)C(Cc2cccc3ccccc23)NC1=O. The predicted molar refractivity (Wildman–Crippen MR) is 448 cm³/mol. The van der Waals surface area contributed by atoms with Gasteiger partial charge in [0.15, 0.2) is 11.9 Å². The van der Waals surface area contributed by atoms with E-state index in [0.717, 1.165) is 22.0 Å². The van der Waals surface area contributed by atoms with E-state index in [4.69, 9.17) is 28.0 Å². The number of guanidine groups is 2. The maximum Gasteiger partial charge on any atom is 0.245 e. The zero-order chi connectivity index (χ0) is 88.4. The average Bonchev–Trinajstić information content (AvgIpc) is 0.859. The molecular formula is C80H106N26O15S. The van der Waals surface area contributed by atoms with Gasteiger partial charge in [0.1, 0.15) is 66.5 Å². The summed E-state index contributed by atoms with van der Waals surface area (Å²) >= 11 is 0.806. The maximum atomic E-state index is 15.4. The second-order valence-corrected chi connectivity index (χ2v) is 30.4. The quantitative estimate of drug-likeness (QED) is 0.0145. The first-order valence-electron chi connectivity index (χ1n) is 39.3. The summed E-state index contributed by atoms with van der Waals surface area (Å²) in [6.45, 7) is 0.537. The van der Waals surface area contributed by atoms with E-state index >= 15 is 33.6 Å². The van der Waals surface area contributed by atoms with Gasteiger partial charge in [-0.2, -0.15) is 0 Å². The number of primary amides is 1. The van der Waals surface area contributed by atoms with E-state index in [1.807, 2.05) is 24.3 Å². The number of carbonyl (C=O) groups excluding carboxylic acids is 14. The number of benzene rings is 4. The molecule has 42 heteroatoms. The van der Waals surface area contributed by atoms with Crippen molar-refractivity contribution in [1.29, 1.82) is 10.8 Å². The Labute approximate surface area is 706 Å². The van der Waals surface area contributed by atoms with Crippen molar-refractivity contribution < 1.29 is 72.2 Å². The molecule has 122 heavy (non-hydrogen) atoms. The van der Waals surface area contributed by atoms with Crippen LogP contribution in [0.25, 0.3) is 10.8 Å². The average molecular weight is 1700 g/mol. The third-order valence-corrected chi connectivity index (χ3v) is 20.8. The van der Waals surface area contributed by atoms with Gasteiger partial charge < -0.3 is 116 Å². The largest absolute Gasteiger partial charge is 0.394 e. The zero-order valence-electron chi connectivity index (χ0n) is 67.8. The molecule has 652 valence electrons. The number of H-pyrrole nitrogens is 2. The van der Waals surface area contributed by atoms with E-state index in [0.29, 0.717) is 27.8 Å². The summed E-state index contributed by atoms with van der Waals surface area (Å²) in [6, 6.07) is 12.1. The van der Waals surface area contributed by atoms with E-state index in [2.05, 4.69) is 99.4 Å². The summed E-state index contributed by atoms with van der Waals surface area (Å²) in [6.07, 6.45) is 6.34. The molecule has 0 bridgehead atoms. The van der Waals surface area contributed by atoms with Crippen molar-refractivity contribution >= 4 is 117 Å². The van der Waals surface area contributed by atoms with Gasteiger partial charge in [-0.15, -0.1) is 11.8 Å². The van der Waals surface area contributed by atoms with Gasteiger partial charge in [0.25, 0.3) is 0 Å². The summed E-state index contributed by atoms with van der Waals surface area (Å²) in [4.78, 5) is 224. The fraction of sp³-hybridized carbons (Fsp3) is 0.412. The Bertz CT molecular complexity index is 4760. The second kappa shape index (κ2) is 47.1. The van der Waals surface area contributed by atoms with Crippen molar-refractivity contribution in [2.75, 3.05) is 51.3 Å². The van der Waals surface area contributed by atoms with Crippen LogP contribution in [0.5, 0.6) is 0 Å². The van der Waals surface area contributed by atoms with Crippen molar-refractivity contribution in [1.82, 2.24) is 109 Å². The van der Waals surface area contributed by atoms with Crippen LogP contribution in [0.1, 0.15) is 73.3 Å². The van der Waals surface area contributed by atoms with Gasteiger partial charge >= 0.3 is 0 Å². The first-order valence-corrected chi connectivity index (χ1v) is 40.5. The van der Waals surface area contributed by atoms with E-state index in [1.54, 1.807) is 104 Å². The number of hydrogen-bond donors (Lipinski definition) is 22. The molecule has 0 spiro atoms. The smallest absolute Gasteiger partial charge is 0.245 e. The number of nitrogens with two attached hydrogens (primary N) is 3. The van der Waals surface area contributed by atoms with Crippen LogP contribution in [0.15, 0.2) is 141 Å². The van der Waals surface area contributed by atoms with Gasteiger partial charge in [0, 0.05) is 95.7 Å². The third-order valence-electron chi connectivity index (χ3n) is 19.7. The predicted octanol–water partition coefficient (Wildman–Crippen LogP) is -4.91. The molecular weight excluding hydrogens is 1600 g/mol. The molecule has 7 aromatic rings. The number of aromatic amines is 2. The molecule has 11 atom stereocenters. The number of aliphatic hydroxyl groups is 1. The highest BCUT2D eigenvalue weighted by Crippen LogP contribution is 2.22. The fourth-order valence-corrected chi connectivity index (χ4v) is 14.1. The highest BCUT2D eigenvalue weighted by molar-refractivity contribution is 8.00. The minimum absolute atomic E-state index is 0.0170. The highest BCUT2D eigenvalue weighted by atomic mass is 32.2. The Morgan fingerprint density at radius 2 is 1.03 bits per heavy atom. The molecule has 3 aromatic heterocycles. The Morgan fingerprint density at radius 3 is 1.61 bits per heavy atom. The van der Waals surface area contributed by atoms with Crippen molar-refractivity contribution in [3.05, 3.63) is 174 Å². The third kappa shape index (κ3) is 29.6. The molecule has 0 saturated carbocycles. The summed E-state index contributed by atoms with van der Waals surface area (Å²) in [5.41, 5.74) is 19.2.